The van der Waals surface area contributed by atoms with E-state index in [0.29, 0.717) is 22.4 Å². The van der Waals surface area contributed by atoms with Crippen molar-refractivity contribution in [3.05, 3.63) is 27.7 Å². The second-order valence-corrected chi connectivity index (χ2v) is 6.14. The molecule has 0 aromatic heterocycles. The molecule has 19 heavy (non-hydrogen) atoms. The molecule has 0 aliphatic heterocycles. The molecule has 1 aromatic carbocycles. The highest BCUT2D eigenvalue weighted by atomic mass is 35.5. The van der Waals surface area contributed by atoms with Crippen molar-refractivity contribution < 1.29 is 4.74 Å². The van der Waals surface area contributed by atoms with Gasteiger partial charge in [-0.3, -0.25) is 0 Å². The van der Waals surface area contributed by atoms with Gasteiger partial charge in [0.2, 0.25) is 0 Å². The Morgan fingerprint density at radius 2 is 1.74 bits per heavy atom. The lowest BCUT2D eigenvalue weighted by molar-refractivity contribution is 0.317. The van der Waals surface area contributed by atoms with E-state index in [1.165, 1.54) is 0 Å². The zero-order valence-electron chi connectivity index (χ0n) is 12.1. The van der Waals surface area contributed by atoms with Crippen molar-refractivity contribution in [1.29, 1.82) is 0 Å². The lowest BCUT2D eigenvalue weighted by Crippen LogP contribution is -2.37. The highest BCUT2D eigenvalue weighted by Gasteiger charge is 2.15. The van der Waals surface area contributed by atoms with Gasteiger partial charge in [0.25, 0.3) is 0 Å². The first kappa shape index (κ1) is 16.6. The normalized spacial score (nSPS) is 11.7. The smallest absolute Gasteiger partial charge is 0.156 e. The SMILES string of the molecule is CCCOc1c(Cl)cc(CNC(C)(C)CC)cc1Cl. The summed E-state index contributed by atoms with van der Waals surface area (Å²) in [6.07, 6.45) is 1.99. The minimum Gasteiger partial charge on any atom is -0.490 e. The van der Waals surface area contributed by atoms with Crippen LogP contribution in [0.5, 0.6) is 5.75 Å². The van der Waals surface area contributed by atoms with E-state index < -0.39 is 0 Å². The molecule has 0 atom stereocenters. The number of rotatable bonds is 7. The van der Waals surface area contributed by atoms with Crippen LogP contribution < -0.4 is 10.1 Å². The van der Waals surface area contributed by atoms with Gasteiger partial charge in [-0.2, -0.15) is 0 Å². The number of nitrogens with one attached hydrogen (secondary N) is 1. The summed E-state index contributed by atoms with van der Waals surface area (Å²) in [4.78, 5) is 0. The molecule has 0 saturated carbocycles. The summed E-state index contributed by atoms with van der Waals surface area (Å²) in [6, 6.07) is 3.83. The molecule has 0 radical (unpaired) electrons. The fourth-order valence-electron chi connectivity index (χ4n) is 1.52. The zero-order chi connectivity index (χ0) is 14.5. The zero-order valence-corrected chi connectivity index (χ0v) is 13.7. The first-order valence-corrected chi connectivity index (χ1v) is 7.51. The van der Waals surface area contributed by atoms with E-state index in [9.17, 15) is 0 Å². The van der Waals surface area contributed by atoms with E-state index in [4.69, 9.17) is 27.9 Å². The van der Waals surface area contributed by atoms with Crippen molar-refractivity contribution in [2.75, 3.05) is 6.61 Å². The minimum absolute atomic E-state index is 0.107. The van der Waals surface area contributed by atoms with Crippen molar-refractivity contribution in [3.63, 3.8) is 0 Å². The lowest BCUT2D eigenvalue weighted by Gasteiger charge is -2.25. The van der Waals surface area contributed by atoms with Gasteiger partial charge in [0.05, 0.1) is 16.7 Å². The Balaban J connectivity index is 2.77. The first-order chi connectivity index (χ1) is 8.89. The summed E-state index contributed by atoms with van der Waals surface area (Å²) in [7, 11) is 0. The average Bonchev–Trinajstić information content (AvgIpc) is 2.36. The maximum absolute atomic E-state index is 6.22. The Labute approximate surface area is 126 Å². The largest absolute Gasteiger partial charge is 0.490 e. The van der Waals surface area contributed by atoms with E-state index >= 15 is 0 Å². The quantitative estimate of drug-likeness (QED) is 0.760. The molecule has 1 rings (SSSR count). The van der Waals surface area contributed by atoms with Crippen LogP contribution in [0.25, 0.3) is 0 Å². The molecule has 0 heterocycles. The van der Waals surface area contributed by atoms with E-state index in [-0.39, 0.29) is 5.54 Å². The van der Waals surface area contributed by atoms with Crippen molar-refractivity contribution in [2.45, 2.75) is 52.6 Å². The van der Waals surface area contributed by atoms with E-state index in [0.717, 1.165) is 24.9 Å². The second-order valence-electron chi connectivity index (χ2n) is 5.33. The third-order valence-electron chi connectivity index (χ3n) is 3.16. The van der Waals surface area contributed by atoms with Gasteiger partial charge in [0, 0.05) is 12.1 Å². The van der Waals surface area contributed by atoms with Crippen LogP contribution in [-0.4, -0.2) is 12.1 Å². The summed E-state index contributed by atoms with van der Waals surface area (Å²) in [5.41, 5.74) is 1.18. The first-order valence-electron chi connectivity index (χ1n) is 6.75. The molecule has 1 aromatic rings. The van der Waals surface area contributed by atoms with Crippen LogP contribution in [0.1, 0.15) is 46.1 Å². The lowest BCUT2D eigenvalue weighted by atomic mass is 10.0. The van der Waals surface area contributed by atoms with Crippen LogP contribution in [0.3, 0.4) is 0 Å². The standard InChI is InChI=1S/C15H23Cl2NO/c1-5-7-19-14-12(16)8-11(9-13(14)17)10-18-15(3,4)6-2/h8-9,18H,5-7,10H2,1-4H3. The Bertz CT molecular complexity index is 396. The van der Waals surface area contributed by atoms with Crippen molar-refractivity contribution in [3.8, 4) is 5.75 Å². The Hall–Kier alpha value is -0.440. The fourth-order valence-corrected chi connectivity index (χ4v) is 2.16. The molecule has 0 amide bonds. The number of ether oxygens (including phenoxy) is 1. The van der Waals surface area contributed by atoms with Crippen LogP contribution in [0.2, 0.25) is 10.0 Å². The highest BCUT2D eigenvalue weighted by molar-refractivity contribution is 6.37. The molecular formula is C15H23Cl2NO. The third-order valence-corrected chi connectivity index (χ3v) is 3.73. The van der Waals surface area contributed by atoms with E-state index in [1.807, 2.05) is 19.1 Å². The number of hydrogen-bond acceptors (Lipinski definition) is 2. The molecule has 4 heteroatoms. The van der Waals surface area contributed by atoms with Crippen molar-refractivity contribution >= 4 is 23.2 Å². The summed E-state index contributed by atoms with van der Waals surface area (Å²) in [5, 5.41) is 4.64. The fraction of sp³-hybridized carbons (Fsp3) is 0.600. The molecule has 2 nitrogen and oxygen atoms in total. The predicted molar refractivity (Wildman–Crippen MR) is 83.5 cm³/mol. The summed E-state index contributed by atoms with van der Waals surface area (Å²) < 4.78 is 5.55. The van der Waals surface area contributed by atoms with Crippen molar-refractivity contribution in [2.24, 2.45) is 0 Å². The van der Waals surface area contributed by atoms with Crippen LogP contribution in [0, 0.1) is 0 Å². The number of hydrogen-bond donors (Lipinski definition) is 1. The van der Waals surface area contributed by atoms with Gasteiger partial charge in [-0.15, -0.1) is 0 Å². The summed E-state index contributed by atoms with van der Waals surface area (Å²) in [5.74, 6) is 0.587. The molecule has 1 N–H and O–H groups in total. The van der Waals surface area contributed by atoms with Gasteiger partial charge in [-0.05, 0) is 44.4 Å². The molecule has 0 aliphatic rings. The van der Waals surface area contributed by atoms with E-state index in [2.05, 4.69) is 26.1 Å². The predicted octanol–water partition coefficient (Wildman–Crippen LogP) is 5.06. The van der Waals surface area contributed by atoms with Crippen LogP contribution in [0.15, 0.2) is 12.1 Å². The Morgan fingerprint density at radius 1 is 1.16 bits per heavy atom. The Kier molecular flexibility index (Phi) is 6.45. The maximum Gasteiger partial charge on any atom is 0.156 e. The van der Waals surface area contributed by atoms with Gasteiger partial charge >= 0.3 is 0 Å². The molecule has 0 fully saturated rings. The minimum atomic E-state index is 0.107. The second kappa shape index (κ2) is 7.37. The topological polar surface area (TPSA) is 21.3 Å². The summed E-state index contributed by atoms with van der Waals surface area (Å²) >= 11 is 12.4. The average molecular weight is 304 g/mol. The third kappa shape index (κ3) is 5.21. The van der Waals surface area contributed by atoms with Gasteiger partial charge < -0.3 is 10.1 Å². The maximum atomic E-state index is 6.22. The monoisotopic (exact) mass is 303 g/mol. The number of halogens is 2. The molecule has 0 unspecified atom stereocenters. The van der Waals surface area contributed by atoms with Gasteiger partial charge in [-0.1, -0.05) is 37.0 Å². The van der Waals surface area contributed by atoms with Gasteiger partial charge in [-0.25, -0.2) is 0 Å². The van der Waals surface area contributed by atoms with Crippen LogP contribution in [-0.2, 0) is 6.54 Å². The van der Waals surface area contributed by atoms with E-state index in [1.54, 1.807) is 0 Å². The summed E-state index contributed by atoms with van der Waals surface area (Å²) in [6.45, 7) is 9.93. The van der Waals surface area contributed by atoms with Gasteiger partial charge in [0.1, 0.15) is 0 Å². The highest BCUT2D eigenvalue weighted by Crippen LogP contribution is 2.34. The molecule has 0 spiro atoms. The Morgan fingerprint density at radius 3 is 2.21 bits per heavy atom. The van der Waals surface area contributed by atoms with Crippen LogP contribution >= 0.6 is 23.2 Å². The number of benzene rings is 1. The van der Waals surface area contributed by atoms with Crippen molar-refractivity contribution in [1.82, 2.24) is 5.32 Å². The molecule has 108 valence electrons. The van der Waals surface area contributed by atoms with Crippen LogP contribution in [0.4, 0.5) is 0 Å². The molecule has 0 aliphatic carbocycles. The molecule has 0 bridgehead atoms. The van der Waals surface area contributed by atoms with Gasteiger partial charge in [0.15, 0.2) is 5.75 Å². The molecule has 0 saturated heterocycles. The molecular weight excluding hydrogens is 281 g/mol.